The summed E-state index contributed by atoms with van der Waals surface area (Å²) in [4.78, 5) is 19.5. The molecule has 2 aliphatic rings. The Labute approximate surface area is 172 Å². The van der Waals surface area contributed by atoms with E-state index in [1.807, 2.05) is 47.4 Å². The Hall–Kier alpha value is -2.67. The van der Waals surface area contributed by atoms with E-state index in [1.165, 1.54) is 0 Å². The average molecular weight is 396 g/mol. The maximum atomic E-state index is 13.1. The lowest BCUT2D eigenvalue weighted by Crippen LogP contribution is -2.50. The van der Waals surface area contributed by atoms with Gasteiger partial charge in [0.15, 0.2) is 11.6 Å². The quantitative estimate of drug-likeness (QED) is 0.773. The first-order valence-corrected chi connectivity index (χ1v) is 10.5. The van der Waals surface area contributed by atoms with Crippen molar-refractivity contribution in [2.75, 3.05) is 62.3 Å². The van der Waals surface area contributed by atoms with E-state index < -0.39 is 0 Å². The zero-order chi connectivity index (χ0) is 20.1. The largest absolute Gasteiger partial charge is 0.378 e. The molecule has 2 aromatic rings. The van der Waals surface area contributed by atoms with E-state index in [4.69, 9.17) is 4.74 Å². The predicted molar refractivity (Wildman–Crippen MR) is 113 cm³/mol. The number of carbonyl (C=O) groups is 1. The molecular weight excluding hydrogens is 366 g/mol. The summed E-state index contributed by atoms with van der Waals surface area (Å²) in [5.41, 5.74) is 1.10. The van der Waals surface area contributed by atoms with Gasteiger partial charge in [-0.05, 0) is 24.1 Å². The number of hydrogen-bond acceptors (Lipinski definition) is 6. The van der Waals surface area contributed by atoms with Crippen LogP contribution in [-0.4, -0.2) is 73.5 Å². The van der Waals surface area contributed by atoms with Gasteiger partial charge in [-0.15, -0.1) is 10.2 Å². The van der Waals surface area contributed by atoms with Crippen LogP contribution >= 0.6 is 0 Å². The van der Waals surface area contributed by atoms with Crippen LogP contribution in [-0.2, 0) is 9.53 Å². The van der Waals surface area contributed by atoms with Gasteiger partial charge in [0.1, 0.15) is 0 Å². The van der Waals surface area contributed by atoms with Crippen molar-refractivity contribution in [1.82, 2.24) is 15.1 Å². The van der Waals surface area contributed by atoms with Gasteiger partial charge in [-0.2, -0.15) is 0 Å². The lowest BCUT2D eigenvalue weighted by atomic mass is 9.95. The first kappa shape index (κ1) is 19.6. The number of nitrogens with zero attached hydrogens (tertiary/aromatic N) is 5. The maximum Gasteiger partial charge on any atom is 0.230 e. The molecule has 0 N–H and O–H groups in total. The number of ether oxygens (including phenoxy) is 1. The molecule has 7 heteroatoms. The summed E-state index contributed by atoms with van der Waals surface area (Å²) in [7, 11) is 0. The molecule has 0 unspecified atom stereocenters. The normalized spacial score (nSPS) is 18.6. The van der Waals surface area contributed by atoms with Crippen LogP contribution in [0.1, 0.15) is 24.8 Å². The molecule has 0 bridgehead atoms. The molecule has 3 heterocycles. The molecule has 1 atom stereocenters. The van der Waals surface area contributed by atoms with Gasteiger partial charge in [0.25, 0.3) is 0 Å². The third-order valence-electron chi connectivity index (χ3n) is 5.80. The van der Waals surface area contributed by atoms with Gasteiger partial charge >= 0.3 is 0 Å². The lowest BCUT2D eigenvalue weighted by molar-refractivity contribution is -0.133. The van der Waals surface area contributed by atoms with E-state index in [1.54, 1.807) is 0 Å². The summed E-state index contributed by atoms with van der Waals surface area (Å²) in [5, 5.41) is 8.85. The van der Waals surface area contributed by atoms with Crippen LogP contribution in [0.5, 0.6) is 0 Å². The molecule has 0 spiro atoms. The standard InChI is InChI=1S/C22H29N5O2/c1-2-19(18-6-4-3-5-7-18)22(28)27-12-10-25(11-13-27)20-8-9-21(24-23-20)26-14-16-29-17-15-26/h3-9,19H,2,10-17H2,1H3/t19-/m0/s1. The Morgan fingerprint density at radius 1 is 0.897 bits per heavy atom. The van der Waals surface area contributed by atoms with E-state index in [-0.39, 0.29) is 11.8 Å². The third-order valence-corrected chi connectivity index (χ3v) is 5.80. The van der Waals surface area contributed by atoms with E-state index in [9.17, 15) is 4.79 Å². The molecule has 2 fully saturated rings. The fraction of sp³-hybridized carbons (Fsp3) is 0.500. The van der Waals surface area contributed by atoms with Gasteiger partial charge in [0.2, 0.25) is 5.91 Å². The third kappa shape index (κ3) is 4.50. The van der Waals surface area contributed by atoms with Crippen molar-refractivity contribution < 1.29 is 9.53 Å². The number of benzene rings is 1. The zero-order valence-electron chi connectivity index (χ0n) is 17.0. The van der Waals surface area contributed by atoms with Gasteiger partial charge in [0.05, 0.1) is 19.1 Å². The molecule has 2 aliphatic heterocycles. The fourth-order valence-corrected chi connectivity index (χ4v) is 4.06. The Kier molecular flexibility index (Phi) is 6.24. The average Bonchev–Trinajstić information content (AvgIpc) is 2.81. The fourth-order valence-electron chi connectivity index (χ4n) is 4.06. The highest BCUT2D eigenvalue weighted by Gasteiger charge is 2.28. The molecule has 4 rings (SSSR count). The van der Waals surface area contributed by atoms with Crippen LogP contribution < -0.4 is 9.80 Å². The van der Waals surface area contributed by atoms with Crippen molar-refractivity contribution in [2.45, 2.75) is 19.3 Å². The van der Waals surface area contributed by atoms with Crippen LogP contribution in [0.4, 0.5) is 11.6 Å². The van der Waals surface area contributed by atoms with E-state index in [0.717, 1.165) is 76.1 Å². The van der Waals surface area contributed by atoms with Gasteiger partial charge in [-0.1, -0.05) is 37.3 Å². The van der Waals surface area contributed by atoms with Crippen molar-refractivity contribution >= 4 is 17.5 Å². The number of piperazine rings is 1. The molecule has 2 saturated heterocycles. The highest BCUT2D eigenvalue weighted by atomic mass is 16.5. The van der Waals surface area contributed by atoms with Gasteiger partial charge < -0.3 is 19.4 Å². The number of hydrogen-bond donors (Lipinski definition) is 0. The molecule has 1 amide bonds. The van der Waals surface area contributed by atoms with Crippen molar-refractivity contribution in [2.24, 2.45) is 0 Å². The summed E-state index contributed by atoms with van der Waals surface area (Å²) < 4.78 is 5.39. The Bertz CT molecular complexity index is 785. The number of aromatic nitrogens is 2. The topological polar surface area (TPSA) is 61.8 Å². The summed E-state index contributed by atoms with van der Waals surface area (Å²) in [6.45, 7) is 8.26. The van der Waals surface area contributed by atoms with Gasteiger partial charge in [-0.25, -0.2) is 0 Å². The smallest absolute Gasteiger partial charge is 0.230 e. The van der Waals surface area contributed by atoms with Crippen LogP contribution in [0.15, 0.2) is 42.5 Å². The van der Waals surface area contributed by atoms with Crippen LogP contribution in [0, 0.1) is 0 Å². The molecule has 0 radical (unpaired) electrons. The highest BCUT2D eigenvalue weighted by molar-refractivity contribution is 5.84. The van der Waals surface area contributed by atoms with Gasteiger partial charge in [0, 0.05) is 39.3 Å². The van der Waals surface area contributed by atoms with Crippen LogP contribution in [0.25, 0.3) is 0 Å². The maximum absolute atomic E-state index is 13.1. The molecule has 1 aromatic heterocycles. The Balaban J connectivity index is 1.34. The van der Waals surface area contributed by atoms with E-state index in [2.05, 4.69) is 26.9 Å². The predicted octanol–water partition coefficient (Wildman–Crippen LogP) is 2.16. The van der Waals surface area contributed by atoms with Crippen LogP contribution in [0.2, 0.25) is 0 Å². The second kappa shape index (κ2) is 9.22. The minimum Gasteiger partial charge on any atom is -0.378 e. The number of carbonyl (C=O) groups excluding carboxylic acids is 1. The first-order chi connectivity index (χ1) is 14.3. The Morgan fingerprint density at radius 3 is 2.03 bits per heavy atom. The second-order valence-electron chi connectivity index (χ2n) is 7.53. The molecular formula is C22H29N5O2. The van der Waals surface area contributed by atoms with E-state index >= 15 is 0 Å². The number of amides is 1. The number of morpholine rings is 1. The molecule has 0 saturated carbocycles. The zero-order valence-corrected chi connectivity index (χ0v) is 17.0. The summed E-state index contributed by atoms with van der Waals surface area (Å²) in [6.07, 6.45) is 0.817. The molecule has 29 heavy (non-hydrogen) atoms. The van der Waals surface area contributed by atoms with Gasteiger partial charge in [-0.3, -0.25) is 4.79 Å². The minimum atomic E-state index is -0.0599. The number of anilines is 2. The summed E-state index contributed by atoms with van der Waals surface area (Å²) >= 11 is 0. The SMILES string of the molecule is CC[C@H](C(=O)N1CCN(c2ccc(N3CCOCC3)nn2)CC1)c1ccccc1. The number of rotatable bonds is 5. The molecule has 7 nitrogen and oxygen atoms in total. The Morgan fingerprint density at radius 2 is 1.48 bits per heavy atom. The molecule has 1 aromatic carbocycles. The molecule has 0 aliphatic carbocycles. The van der Waals surface area contributed by atoms with Crippen LogP contribution in [0.3, 0.4) is 0 Å². The first-order valence-electron chi connectivity index (χ1n) is 10.5. The lowest BCUT2D eigenvalue weighted by Gasteiger charge is -2.37. The molecule has 154 valence electrons. The van der Waals surface area contributed by atoms with Crippen molar-refractivity contribution in [3.63, 3.8) is 0 Å². The summed E-state index contributed by atoms with van der Waals surface area (Å²) in [5.74, 6) is 1.95. The van der Waals surface area contributed by atoms with Crippen molar-refractivity contribution in [3.8, 4) is 0 Å². The highest BCUT2D eigenvalue weighted by Crippen LogP contribution is 2.24. The minimum absolute atomic E-state index is 0.0599. The van der Waals surface area contributed by atoms with E-state index in [0.29, 0.717) is 0 Å². The van der Waals surface area contributed by atoms with Crippen molar-refractivity contribution in [1.29, 1.82) is 0 Å². The second-order valence-corrected chi connectivity index (χ2v) is 7.53. The monoisotopic (exact) mass is 395 g/mol. The van der Waals surface area contributed by atoms with Crippen molar-refractivity contribution in [3.05, 3.63) is 48.0 Å². The summed E-state index contributed by atoms with van der Waals surface area (Å²) in [6, 6.07) is 14.2.